The van der Waals surface area contributed by atoms with Crippen LogP contribution in [0.5, 0.6) is 0 Å². The molecule has 0 aliphatic carbocycles. The summed E-state index contributed by atoms with van der Waals surface area (Å²) in [5.74, 6) is -6.57. The maximum absolute atomic E-state index is 12.8. The summed E-state index contributed by atoms with van der Waals surface area (Å²) < 4.78 is 0. The van der Waals surface area contributed by atoms with Crippen molar-refractivity contribution in [2.45, 2.75) is 44.8 Å². The lowest BCUT2D eigenvalue weighted by Gasteiger charge is -2.29. The molecule has 1 aliphatic rings. The molecule has 1 rings (SSSR count). The fourth-order valence-electron chi connectivity index (χ4n) is 2.71. The Balaban J connectivity index is 3.04. The molecule has 0 fully saturated rings. The van der Waals surface area contributed by atoms with E-state index in [-0.39, 0.29) is 6.42 Å². The molecule has 0 spiro atoms. The summed E-state index contributed by atoms with van der Waals surface area (Å²) in [5, 5.41) is 31.6. The highest BCUT2D eigenvalue weighted by Crippen LogP contribution is 2.12. The largest absolute Gasteiger partial charge is 0.481 e. The Kier molecular flexibility index (Phi) is 9.08. The lowest BCUT2D eigenvalue weighted by atomic mass is 10.0. The third kappa shape index (κ3) is 6.63. The summed E-state index contributed by atoms with van der Waals surface area (Å²) in [4.78, 5) is 71.2. The Morgan fingerprint density at radius 3 is 2.03 bits per heavy atom. The molecule has 0 aromatic heterocycles. The first-order valence-corrected chi connectivity index (χ1v) is 8.97. The van der Waals surface area contributed by atoms with Crippen molar-refractivity contribution in [3.63, 3.8) is 0 Å². The molecule has 3 atom stereocenters. The van der Waals surface area contributed by atoms with Crippen molar-refractivity contribution in [2.24, 2.45) is 5.92 Å². The Labute approximate surface area is 171 Å². The van der Waals surface area contributed by atoms with Crippen LogP contribution in [0.2, 0.25) is 0 Å². The highest BCUT2D eigenvalue weighted by Gasteiger charge is 2.38. The lowest BCUT2D eigenvalue weighted by molar-refractivity contribution is -0.146. The molecule has 30 heavy (non-hydrogen) atoms. The van der Waals surface area contributed by atoms with E-state index in [9.17, 15) is 33.9 Å². The summed E-state index contributed by atoms with van der Waals surface area (Å²) in [5.41, 5.74) is 1.41. The maximum atomic E-state index is 12.8. The maximum Gasteiger partial charge on any atom is 0.320 e. The van der Waals surface area contributed by atoms with Gasteiger partial charge in [0.15, 0.2) is 0 Å². The van der Waals surface area contributed by atoms with Crippen LogP contribution in [0.25, 0.3) is 0 Å². The van der Waals surface area contributed by atoms with Crippen molar-refractivity contribution in [3.05, 3.63) is 12.2 Å². The fourth-order valence-corrected chi connectivity index (χ4v) is 2.71. The number of hydroxylamine groups is 1. The SMILES string of the molecule is CC(C)[C@H](NC(=O)[C@H](CN[C@H](CCC(=O)O)C(=O)O)N1C(=O)C=CC1=O)C(=O)NO. The van der Waals surface area contributed by atoms with Gasteiger partial charge in [-0.3, -0.25) is 38.9 Å². The van der Waals surface area contributed by atoms with Crippen LogP contribution in [0.15, 0.2) is 12.2 Å². The van der Waals surface area contributed by atoms with E-state index in [0.29, 0.717) is 4.90 Å². The van der Waals surface area contributed by atoms with E-state index in [0.717, 1.165) is 12.2 Å². The molecular formula is C17H24N4O9. The van der Waals surface area contributed by atoms with Crippen molar-refractivity contribution < 1.29 is 44.2 Å². The average Bonchev–Trinajstić information content (AvgIpc) is 2.99. The van der Waals surface area contributed by atoms with Crippen LogP contribution < -0.4 is 16.1 Å². The number of hydrogen-bond donors (Lipinski definition) is 6. The molecule has 0 aromatic carbocycles. The molecule has 0 radical (unpaired) electrons. The second-order valence-corrected chi connectivity index (χ2v) is 6.83. The van der Waals surface area contributed by atoms with Gasteiger partial charge in [-0.15, -0.1) is 0 Å². The summed E-state index contributed by atoms with van der Waals surface area (Å²) in [6, 6.07) is -4.09. The number of nitrogens with zero attached hydrogens (tertiary/aromatic N) is 1. The first-order chi connectivity index (χ1) is 14.0. The van der Waals surface area contributed by atoms with Gasteiger partial charge in [-0.05, 0) is 12.3 Å². The minimum atomic E-state index is -1.53. The van der Waals surface area contributed by atoms with Crippen LogP contribution in [0.1, 0.15) is 26.7 Å². The zero-order valence-electron chi connectivity index (χ0n) is 16.3. The van der Waals surface area contributed by atoms with Crippen molar-refractivity contribution >= 4 is 35.6 Å². The molecule has 13 nitrogen and oxygen atoms in total. The molecule has 166 valence electrons. The van der Waals surface area contributed by atoms with Gasteiger partial charge < -0.3 is 20.8 Å². The quantitative estimate of drug-likeness (QED) is 0.113. The van der Waals surface area contributed by atoms with Crippen molar-refractivity contribution in [2.75, 3.05) is 6.54 Å². The standard InChI is InChI=1S/C17H24N4O9/c1-8(2)14(16(27)20-30)19-15(26)10(21-11(22)4-5-12(21)23)7-18-9(17(28)29)3-6-13(24)25/h4-5,8-10,14,18,30H,3,6-7H2,1-2H3,(H,19,26)(H,20,27)(H,24,25)(H,28,29)/t9-,10+,14+/m1/s1. The number of nitrogens with one attached hydrogen (secondary N) is 3. The Hall–Kier alpha value is -3.32. The highest BCUT2D eigenvalue weighted by molar-refractivity contribution is 6.15. The van der Waals surface area contributed by atoms with Gasteiger partial charge in [0.05, 0.1) is 0 Å². The van der Waals surface area contributed by atoms with E-state index in [4.69, 9.17) is 10.3 Å². The van der Waals surface area contributed by atoms with E-state index >= 15 is 0 Å². The molecule has 1 aliphatic heterocycles. The lowest BCUT2D eigenvalue weighted by Crippen LogP contribution is -2.59. The molecule has 0 unspecified atom stereocenters. The number of imide groups is 1. The van der Waals surface area contributed by atoms with Crippen molar-refractivity contribution in [1.82, 2.24) is 21.0 Å². The van der Waals surface area contributed by atoms with Gasteiger partial charge in [-0.2, -0.15) is 0 Å². The summed E-state index contributed by atoms with van der Waals surface area (Å²) in [6.45, 7) is 2.65. The molecule has 0 saturated carbocycles. The summed E-state index contributed by atoms with van der Waals surface area (Å²) in [6.07, 6.45) is 1.10. The number of carbonyl (C=O) groups is 6. The second-order valence-electron chi connectivity index (χ2n) is 6.83. The van der Waals surface area contributed by atoms with E-state index < -0.39 is 72.6 Å². The van der Waals surface area contributed by atoms with Gasteiger partial charge in [-0.1, -0.05) is 13.8 Å². The molecule has 0 saturated heterocycles. The predicted octanol–water partition coefficient (Wildman–Crippen LogP) is -2.17. The number of amides is 4. The average molecular weight is 428 g/mol. The summed E-state index contributed by atoms with van der Waals surface area (Å²) in [7, 11) is 0. The first-order valence-electron chi connectivity index (χ1n) is 8.97. The third-order valence-corrected chi connectivity index (χ3v) is 4.32. The van der Waals surface area contributed by atoms with E-state index in [1.807, 2.05) is 0 Å². The van der Waals surface area contributed by atoms with Crippen molar-refractivity contribution in [1.29, 1.82) is 0 Å². The monoisotopic (exact) mass is 428 g/mol. The molecule has 1 heterocycles. The van der Waals surface area contributed by atoms with E-state index in [1.54, 1.807) is 13.8 Å². The third-order valence-electron chi connectivity index (χ3n) is 4.32. The minimum Gasteiger partial charge on any atom is -0.481 e. The van der Waals surface area contributed by atoms with E-state index in [2.05, 4.69) is 10.6 Å². The van der Waals surface area contributed by atoms with Gasteiger partial charge in [0, 0.05) is 25.1 Å². The van der Waals surface area contributed by atoms with Crippen LogP contribution in [0, 0.1) is 5.92 Å². The molecule has 4 amide bonds. The van der Waals surface area contributed by atoms with Crippen molar-refractivity contribution in [3.8, 4) is 0 Å². The smallest absolute Gasteiger partial charge is 0.320 e. The second kappa shape index (κ2) is 11.0. The number of hydrogen-bond acceptors (Lipinski definition) is 8. The molecule has 6 N–H and O–H groups in total. The first kappa shape index (κ1) is 24.7. The predicted molar refractivity (Wildman–Crippen MR) is 97.8 cm³/mol. The Morgan fingerprint density at radius 2 is 1.60 bits per heavy atom. The van der Waals surface area contributed by atoms with Crippen LogP contribution in [-0.4, -0.2) is 80.6 Å². The molecular weight excluding hydrogens is 404 g/mol. The van der Waals surface area contributed by atoms with Crippen LogP contribution in [0.4, 0.5) is 0 Å². The minimum absolute atomic E-state index is 0.305. The van der Waals surface area contributed by atoms with Gasteiger partial charge >= 0.3 is 11.9 Å². The van der Waals surface area contributed by atoms with Crippen LogP contribution in [0.3, 0.4) is 0 Å². The molecule has 13 heteroatoms. The number of aliphatic carboxylic acids is 2. The summed E-state index contributed by atoms with van der Waals surface area (Å²) >= 11 is 0. The number of rotatable bonds is 12. The number of carbonyl (C=O) groups excluding carboxylic acids is 4. The highest BCUT2D eigenvalue weighted by atomic mass is 16.5. The fraction of sp³-hybridized carbons (Fsp3) is 0.529. The van der Waals surface area contributed by atoms with Gasteiger partial charge in [-0.25, -0.2) is 5.48 Å². The number of carboxylic acids is 2. The zero-order valence-corrected chi connectivity index (χ0v) is 16.3. The van der Waals surface area contributed by atoms with E-state index in [1.165, 1.54) is 5.48 Å². The normalized spacial score (nSPS) is 16.3. The number of carboxylic acid groups (broad SMARTS) is 2. The van der Waals surface area contributed by atoms with Crippen LogP contribution in [-0.2, 0) is 28.8 Å². The van der Waals surface area contributed by atoms with Gasteiger partial charge in [0.2, 0.25) is 5.91 Å². The van der Waals surface area contributed by atoms with Gasteiger partial charge in [0.1, 0.15) is 18.1 Å². The van der Waals surface area contributed by atoms with Gasteiger partial charge in [0.25, 0.3) is 17.7 Å². The Bertz CT molecular complexity index is 732. The topological polar surface area (TPSA) is 202 Å². The Morgan fingerprint density at radius 1 is 1.03 bits per heavy atom. The zero-order chi connectivity index (χ0) is 23.0. The molecule has 0 bridgehead atoms. The van der Waals surface area contributed by atoms with Crippen LogP contribution >= 0.6 is 0 Å². The molecule has 0 aromatic rings.